The number of allylic oxidation sites excluding steroid dienone is 10. The zero-order valence-corrected chi connectivity index (χ0v) is 35.7. The molecule has 0 bridgehead atoms. The van der Waals surface area contributed by atoms with Crippen LogP contribution >= 0.6 is 0 Å². The average molecular weight is 851 g/mol. The van der Waals surface area contributed by atoms with Crippen molar-refractivity contribution in [2.45, 2.75) is 57.8 Å². The second-order valence-corrected chi connectivity index (χ2v) is 17.0. The fraction of sp³-hybridized carbons (Fsp3) is 0.161. The van der Waals surface area contributed by atoms with E-state index in [4.69, 9.17) is 27.8 Å². The van der Waals surface area contributed by atoms with E-state index in [9.17, 15) is 0 Å². The van der Waals surface area contributed by atoms with E-state index in [-0.39, 0.29) is 0 Å². The molecule has 0 N–H and O–H groups in total. The molecule has 1 aliphatic heterocycles. The topological polar surface area (TPSA) is 113 Å². The van der Waals surface area contributed by atoms with Crippen LogP contribution in [0.2, 0.25) is 0 Å². The Morgan fingerprint density at radius 3 is 1.62 bits per heavy atom. The molecule has 0 fully saturated rings. The maximum absolute atomic E-state index is 8.49. The van der Waals surface area contributed by atoms with Crippen LogP contribution in [0.15, 0.2) is 208 Å². The molecule has 0 saturated heterocycles. The van der Waals surface area contributed by atoms with Gasteiger partial charge in [-0.05, 0) is 127 Å². The van der Waals surface area contributed by atoms with Gasteiger partial charge >= 0.3 is 11.5 Å². The van der Waals surface area contributed by atoms with Gasteiger partial charge in [0.1, 0.15) is 11.5 Å². The predicted octanol–water partition coefficient (Wildman–Crippen LogP) is 10.4. The first-order valence-corrected chi connectivity index (χ1v) is 22.9. The standard InChI is InChI=1S/C56H47O2.ClHO4/c1-6-19-39(20-7-1)50-37-52(41-23-10-3-11-24-41)57-55-46(31-17-33-48(50)55)35-44-29-16-30-45(54(44)43-27-14-5-15-28-43)36-47-32-18-34-49-51(40-21-8-2-9-22-40)38-53(58-56(47)49)42-25-12-4-13-26-42;2-1(3,4)5/h1-15,19-28,35-38H,16-18,29-34H2;(H,2,3,4,5)/q+1;/p-1. The Labute approximate surface area is 371 Å². The van der Waals surface area contributed by atoms with Gasteiger partial charge in [0.2, 0.25) is 0 Å². The van der Waals surface area contributed by atoms with Crippen LogP contribution in [0.5, 0.6) is 0 Å². The van der Waals surface area contributed by atoms with E-state index in [1.165, 1.54) is 66.8 Å². The van der Waals surface area contributed by atoms with Crippen molar-refractivity contribution in [1.82, 2.24) is 0 Å². The Morgan fingerprint density at radius 2 is 0.984 bits per heavy atom. The Morgan fingerprint density at radius 1 is 0.492 bits per heavy atom. The van der Waals surface area contributed by atoms with E-state index in [0.717, 1.165) is 92.0 Å². The van der Waals surface area contributed by atoms with Crippen molar-refractivity contribution < 1.29 is 38.0 Å². The molecule has 0 radical (unpaired) electrons. The molecular weight excluding hydrogens is 804 g/mol. The van der Waals surface area contributed by atoms with Crippen LogP contribution in [0, 0.1) is 10.2 Å². The molecule has 0 spiro atoms. The van der Waals surface area contributed by atoms with Crippen LogP contribution in [-0.4, -0.2) is 0 Å². The summed E-state index contributed by atoms with van der Waals surface area (Å²) < 4.78 is 48.0. The lowest BCUT2D eigenvalue weighted by atomic mass is 9.79. The first kappa shape index (κ1) is 41.9. The third-order valence-corrected chi connectivity index (χ3v) is 12.1. The molecule has 314 valence electrons. The highest BCUT2D eigenvalue weighted by Gasteiger charge is 2.33. The van der Waals surface area contributed by atoms with Crippen LogP contribution in [0.4, 0.5) is 0 Å². The second kappa shape index (κ2) is 18.9. The lowest BCUT2D eigenvalue weighted by molar-refractivity contribution is -2.00. The molecule has 5 aromatic carbocycles. The molecule has 0 unspecified atom stereocenters. The third-order valence-electron chi connectivity index (χ3n) is 12.1. The number of hydrogen-bond donors (Lipinski definition) is 0. The molecule has 0 saturated carbocycles. The highest BCUT2D eigenvalue weighted by atomic mass is 35.7. The highest BCUT2D eigenvalue weighted by Crippen LogP contribution is 2.47. The Kier molecular flexibility index (Phi) is 12.6. The SMILES string of the molecule is C1=C(c2ccccc2)OC2=C(/C=C3\CCCC(/C=C4\CCCc5c(-c6ccccc6)cc(-c6ccccc6)[o+]c54)=C3c3ccccc3)CCCC2=C1c1ccccc1.[O-][Cl+3]([O-])([O-])[O-]. The third kappa shape index (κ3) is 9.82. The maximum atomic E-state index is 8.49. The molecule has 7 heteroatoms. The number of benzene rings is 5. The van der Waals surface area contributed by atoms with Crippen molar-refractivity contribution in [3.8, 4) is 22.5 Å². The first-order chi connectivity index (χ1) is 30.8. The van der Waals surface area contributed by atoms with Gasteiger partial charge in [0.25, 0.3) is 0 Å². The number of rotatable bonds is 7. The fourth-order valence-corrected chi connectivity index (χ4v) is 9.36. The molecule has 63 heavy (non-hydrogen) atoms. The summed E-state index contributed by atoms with van der Waals surface area (Å²) in [6.07, 6.45) is 16.6. The van der Waals surface area contributed by atoms with E-state index >= 15 is 0 Å². The molecule has 4 aliphatic rings. The van der Waals surface area contributed by atoms with Gasteiger partial charge in [0, 0.05) is 16.7 Å². The van der Waals surface area contributed by atoms with Gasteiger partial charge in [-0.3, -0.25) is 0 Å². The van der Waals surface area contributed by atoms with Crippen molar-refractivity contribution in [2.75, 3.05) is 0 Å². The minimum absolute atomic E-state index is 0.911. The molecule has 6 aromatic rings. The van der Waals surface area contributed by atoms with Gasteiger partial charge in [0.15, 0.2) is 0 Å². The van der Waals surface area contributed by atoms with Gasteiger partial charge in [-0.1, -0.05) is 146 Å². The molecule has 0 amide bonds. The minimum Gasteiger partial charge on any atom is -0.456 e. The molecule has 3 aliphatic carbocycles. The zero-order chi connectivity index (χ0) is 43.2. The zero-order valence-electron chi connectivity index (χ0n) is 34.9. The van der Waals surface area contributed by atoms with E-state index in [1.807, 2.05) is 0 Å². The predicted molar refractivity (Wildman–Crippen MR) is 240 cm³/mol. The van der Waals surface area contributed by atoms with Gasteiger partial charge in [-0.2, -0.15) is 0 Å². The number of halogens is 1. The van der Waals surface area contributed by atoms with Crippen molar-refractivity contribution >= 4 is 22.5 Å². The molecule has 10 rings (SSSR count). The molecule has 6 nitrogen and oxygen atoms in total. The van der Waals surface area contributed by atoms with Crippen LogP contribution < -0.4 is 18.6 Å². The summed E-state index contributed by atoms with van der Waals surface area (Å²) in [5, 5.41) is 0. The normalized spacial score (nSPS) is 17.7. The van der Waals surface area contributed by atoms with Crippen LogP contribution in [-0.2, 0) is 11.2 Å². The van der Waals surface area contributed by atoms with Gasteiger partial charge in [-0.25, -0.2) is 23.1 Å². The maximum Gasteiger partial charge on any atom is 0.361 e. The van der Waals surface area contributed by atoms with E-state index in [0.29, 0.717) is 0 Å². The van der Waals surface area contributed by atoms with Crippen LogP contribution in [0.25, 0.3) is 44.9 Å². The fourth-order valence-electron chi connectivity index (χ4n) is 9.36. The quantitative estimate of drug-likeness (QED) is 0.148. The van der Waals surface area contributed by atoms with Crippen molar-refractivity contribution in [3.05, 3.63) is 232 Å². The summed E-state index contributed by atoms with van der Waals surface area (Å²) in [5.41, 5.74) is 17.9. The van der Waals surface area contributed by atoms with Crippen molar-refractivity contribution in [3.63, 3.8) is 0 Å². The molecule has 0 atom stereocenters. The first-order valence-electron chi connectivity index (χ1n) is 21.7. The highest BCUT2D eigenvalue weighted by molar-refractivity contribution is 5.90. The number of fused-ring (bicyclic) bond motifs is 2. The van der Waals surface area contributed by atoms with E-state index in [2.05, 4.69) is 176 Å². The summed E-state index contributed by atoms with van der Waals surface area (Å²) in [6, 6.07) is 56.1. The smallest absolute Gasteiger partial charge is 0.361 e. The second-order valence-electron chi connectivity index (χ2n) is 16.2. The number of hydrogen-bond acceptors (Lipinski definition) is 5. The van der Waals surface area contributed by atoms with E-state index in [1.54, 1.807) is 0 Å². The van der Waals surface area contributed by atoms with Gasteiger partial charge < -0.3 is 4.74 Å². The molecule has 2 heterocycles. The Hall–Kier alpha value is -6.38. The lowest BCUT2D eigenvalue weighted by Gasteiger charge is -2.30. The van der Waals surface area contributed by atoms with Crippen LogP contribution in [0.3, 0.4) is 0 Å². The summed E-state index contributed by atoms with van der Waals surface area (Å²) in [6.45, 7) is 0. The number of ether oxygens (including phenoxy) is 1. The van der Waals surface area contributed by atoms with Crippen molar-refractivity contribution in [1.29, 1.82) is 0 Å². The van der Waals surface area contributed by atoms with Crippen molar-refractivity contribution in [2.24, 2.45) is 0 Å². The monoisotopic (exact) mass is 850 g/mol. The molecule has 1 aromatic heterocycles. The largest absolute Gasteiger partial charge is 0.456 e. The average Bonchev–Trinajstić information content (AvgIpc) is 3.32. The Bertz CT molecular complexity index is 2770. The van der Waals surface area contributed by atoms with Gasteiger partial charge in [0.05, 0.1) is 22.8 Å². The van der Waals surface area contributed by atoms with Crippen LogP contribution in [0.1, 0.15) is 79.4 Å². The summed E-state index contributed by atoms with van der Waals surface area (Å²) in [5.74, 6) is 3.90. The van der Waals surface area contributed by atoms with Gasteiger partial charge in [-0.15, -0.1) is 10.2 Å². The van der Waals surface area contributed by atoms with E-state index < -0.39 is 10.2 Å². The summed E-state index contributed by atoms with van der Waals surface area (Å²) >= 11 is 0. The summed E-state index contributed by atoms with van der Waals surface area (Å²) in [7, 11) is -4.94. The summed E-state index contributed by atoms with van der Waals surface area (Å²) in [4.78, 5) is 0. The minimum atomic E-state index is -4.94. The Balaban J connectivity index is 0.000000956. The lowest BCUT2D eigenvalue weighted by Crippen LogP contribution is -2.68. The molecular formula is C56H47ClO6.